The number of benzene rings is 1. The summed E-state index contributed by atoms with van der Waals surface area (Å²) in [4.78, 5) is 26.6. The molecule has 126 valence electrons. The molecule has 0 spiro atoms. The summed E-state index contributed by atoms with van der Waals surface area (Å²) >= 11 is 9.34. The van der Waals surface area contributed by atoms with Crippen LogP contribution in [0.3, 0.4) is 0 Å². The van der Waals surface area contributed by atoms with E-state index in [1.54, 1.807) is 28.6 Å². The van der Waals surface area contributed by atoms with Crippen LogP contribution in [0.25, 0.3) is 0 Å². The summed E-state index contributed by atoms with van der Waals surface area (Å²) < 4.78 is 0.834. The van der Waals surface area contributed by atoms with Crippen molar-refractivity contribution in [3.8, 4) is 0 Å². The first kappa shape index (κ1) is 17.6. The number of aromatic nitrogens is 2. The fourth-order valence-corrected chi connectivity index (χ4v) is 4.16. The Hall–Kier alpha value is -1.26. The zero-order chi connectivity index (χ0) is 17.1. The van der Waals surface area contributed by atoms with Crippen LogP contribution >= 0.6 is 45.5 Å². The largest absolute Gasteiger partial charge is 0.339 e. The van der Waals surface area contributed by atoms with Crippen molar-refractivity contribution in [1.29, 1.82) is 0 Å². The highest BCUT2D eigenvalue weighted by atomic mass is 127. The standard InChI is InChI=1S/C15H14ClIN4O2S/c16-10-1-2-11(12(17)7-10)14(23)21-5-3-9(4-6-21)13(22)19-15-20-18-8-24-15/h1-2,7-9H,3-6H2,(H,19,20,22). The van der Waals surface area contributed by atoms with Gasteiger partial charge in [0.15, 0.2) is 0 Å². The Kier molecular flexibility index (Phi) is 5.67. The van der Waals surface area contributed by atoms with Gasteiger partial charge in [-0.2, -0.15) is 0 Å². The van der Waals surface area contributed by atoms with Gasteiger partial charge < -0.3 is 10.2 Å². The molecule has 1 saturated heterocycles. The van der Waals surface area contributed by atoms with Crippen molar-refractivity contribution >= 4 is 62.5 Å². The molecule has 2 amide bonds. The molecule has 2 aromatic rings. The molecular formula is C15H14ClIN4O2S. The molecule has 9 heteroatoms. The molecule has 1 aromatic carbocycles. The van der Waals surface area contributed by atoms with Gasteiger partial charge in [-0.1, -0.05) is 22.9 Å². The van der Waals surface area contributed by atoms with Crippen molar-refractivity contribution in [3.63, 3.8) is 0 Å². The van der Waals surface area contributed by atoms with Gasteiger partial charge in [-0.15, -0.1) is 10.2 Å². The Balaban J connectivity index is 1.58. The second-order valence-corrected chi connectivity index (χ2v) is 7.86. The van der Waals surface area contributed by atoms with Crippen molar-refractivity contribution < 1.29 is 9.59 Å². The van der Waals surface area contributed by atoms with Gasteiger partial charge >= 0.3 is 0 Å². The van der Waals surface area contributed by atoms with E-state index in [9.17, 15) is 9.59 Å². The minimum absolute atomic E-state index is 0.0148. The van der Waals surface area contributed by atoms with E-state index in [4.69, 9.17) is 11.6 Å². The zero-order valence-electron chi connectivity index (χ0n) is 12.5. The summed E-state index contributed by atoms with van der Waals surface area (Å²) in [6.07, 6.45) is 1.28. The number of piperidine rings is 1. The molecule has 0 radical (unpaired) electrons. The van der Waals surface area contributed by atoms with E-state index in [0.717, 1.165) is 3.57 Å². The van der Waals surface area contributed by atoms with Gasteiger partial charge in [0.1, 0.15) is 5.51 Å². The molecule has 1 aliphatic rings. The second-order valence-electron chi connectivity index (χ2n) is 5.42. The number of carbonyl (C=O) groups is 2. The van der Waals surface area contributed by atoms with E-state index >= 15 is 0 Å². The molecule has 2 heterocycles. The second kappa shape index (κ2) is 7.75. The van der Waals surface area contributed by atoms with Crippen LogP contribution in [0.2, 0.25) is 5.02 Å². The van der Waals surface area contributed by atoms with E-state index in [1.807, 2.05) is 0 Å². The summed E-state index contributed by atoms with van der Waals surface area (Å²) in [5.41, 5.74) is 2.22. The maximum Gasteiger partial charge on any atom is 0.254 e. The van der Waals surface area contributed by atoms with Crippen LogP contribution in [0.15, 0.2) is 23.7 Å². The van der Waals surface area contributed by atoms with Gasteiger partial charge in [0, 0.05) is 27.6 Å². The lowest BCUT2D eigenvalue weighted by Crippen LogP contribution is -2.41. The number of nitrogens with one attached hydrogen (secondary N) is 1. The summed E-state index contributed by atoms with van der Waals surface area (Å²) in [7, 11) is 0. The maximum absolute atomic E-state index is 12.6. The Morgan fingerprint density at radius 2 is 2.08 bits per heavy atom. The van der Waals surface area contributed by atoms with Gasteiger partial charge in [0.2, 0.25) is 11.0 Å². The molecule has 24 heavy (non-hydrogen) atoms. The van der Waals surface area contributed by atoms with E-state index in [2.05, 4.69) is 38.1 Å². The molecular weight excluding hydrogens is 463 g/mol. The van der Waals surface area contributed by atoms with Crippen molar-refractivity contribution in [1.82, 2.24) is 15.1 Å². The van der Waals surface area contributed by atoms with Crippen LogP contribution in [0.5, 0.6) is 0 Å². The predicted octanol–water partition coefficient (Wildman–Crippen LogP) is 3.29. The van der Waals surface area contributed by atoms with Crippen molar-refractivity contribution in [2.45, 2.75) is 12.8 Å². The average Bonchev–Trinajstić information content (AvgIpc) is 3.07. The van der Waals surface area contributed by atoms with Crippen LogP contribution in [0.4, 0.5) is 5.13 Å². The minimum Gasteiger partial charge on any atom is -0.339 e. The Bertz CT molecular complexity index is 748. The van der Waals surface area contributed by atoms with E-state index in [1.165, 1.54) is 11.3 Å². The summed E-state index contributed by atoms with van der Waals surface area (Å²) in [5, 5.41) is 11.4. The van der Waals surface area contributed by atoms with E-state index in [0.29, 0.717) is 41.6 Å². The normalized spacial score (nSPS) is 15.3. The first-order chi connectivity index (χ1) is 11.5. The van der Waals surface area contributed by atoms with Gasteiger partial charge in [0.25, 0.3) is 5.91 Å². The molecule has 1 aliphatic heterocycles. The molecule has 0 aliphatic carbocycles. The highest BCUT2D eigenvalue weighted by Crippen LogP contribution is 2.24. The minimum atomic E-state index is -0.109. The van der Waals surface area contributed by atoms with Crippen LogP contribution in [0.1, 0.15) is 23.2 Å². The average molecular weight is 477 g/mol. The molecule has 1 fully saturated rings. The number of hydrogen-bond donors (Lipinski definition) is 1. The third-order valence-corrected chi connectivity index (χ3v) is 5.64. The number of likely N-dealkylation sites (tertiary alicyclic amines) is 1. The van der Waals surface area contributed by atoms with Gasteiger partial charge in [-0.25, -0.2) is 0 Å². The lowest BCUT2D eigenvalue weighted by Gasteiger charge is -2.31. The number of hydrogen-bond acceptors (Lipinski definition) is 5. The highest BCUT2D eigenvalue weighted by molar-refractivity contribution is 14.1. The van der Waals surface area contributed by atoms with Gasteiger partial charge in [-0.3, -0.25) is 9.59 Å². The molecule has 0 atom stereocenters. The maximum atomic E-state index is 12.6. The quantitative estimate of drug-likeness (QED) is 0.690. The molecule has 3 rings (SSSR count). The predicted molar refractivity (Wildman–Crippen MR) is 101 cm³/mol. The van der Waals surface area contributed by atoms with Crippen molar-refractivity contribution in [2.75, 3.05) is 18.4 Å². The van der Waals surface area contributed by atoms with E-state index in [-0.39, 0.29) is 17.7 Å². The monoisotopic (exact) mass is 476 g/mol. The summed E-state index contributed by atoms with van der Waals surface area (Å²) in [6.45, 7) is 1.12. The number of anilines is 1. The van der Waals surface area contributed by atoms with Gasteiger partial charge in [0.05, 0.1) is 5.56 Å². The third kappa shape index (κ3) is 4.04. The number of carbonyl (C=O) groups excluding carboxylic acids is 2. The topological polar surface area (TPSA) is 75.2 Å². The lowest BCUT2D eigenvalue weighted by atomic mass is 9.95. The Morgan fingerprint density at radius 3 is 2.71 bits per heavy atom. The molecule has 0 saturated carbocycles. The zero-order valence-corrected chi connectivity index (χ0v) is 16.3. The van der Waals surface area contributed by atoms with E-state index < -0.39 is 0 Å². The fraction of sp³-hybridized carbons (Fsp3) is 0.333. The molecule has 1 aromatic heterocycles. The molecule has 6 nitrogen and oxygen atoms in total. The first-order valence-corrected chi connectivity index (χ1v) is 9.69. The lowest BCUT2D eigenvalue weighted by molar-refractivity contribution is -0.121. The van der Waals surface area contributed by atoms with Crippen LogP contribution in [0, 0.1) is 9.49 Å². The Labute approximate surface area is 161 Å². The first-order valence-electron chi connectivity index (χ1n) is 7.36. The number of rotatable bonds is 3. The third-order valence-electron chi connectivity index (χ3n) is 3.90. The smallest absolute Gasteiger partial charge is 0.254 e. The van der Waals surface area contributed by atoms with Gasteiger partial charge in [-0.05, 0) is 53.6 Å². The summed E-state index contributed by atoms with van der Waals surface area (Å²) in [5.74, 6) is -0.179. The van der Waals surface area contributed by atoms with Crippen LogP contribution in [-0.2, 0) is 4.79 Å². The molecule has 0 bridgehead atoms. The molecule has 1 N–H and O–H groups in total. The Morgan fingerprint density at radius 1 is 1.33 bits per heavy atom. The van der Waals surface area contributed by atoms with Crippen molar-refractivity contribution in [3.05, 3.63) is 37.9 Å². The fourth-order valence-electron chi connectivity index (χ4n) is 2.61. The molecule has 0 unspecified atom stereocenters. The number of halogens is 2. The van der Waals surface area contributed by atoms with Crippen LogP contribution < -0.4 is 5.32 Å². The van der Waals surface area contributed by atoms with Crippen molar-refractivity contribution in [2.24, 2.45) is 5.92 Å². The number of nitrogens with zero attached hydrogens (tertiary/aromatic N) is 3. The highest BCUT2D eigenvalue weighted by Gasteiger charge is 2.28. The number of amides is 2. The van der Waals surface area contributed by atoms with Crippen LogP contribution in [-0.4, -0.2) is 40.0 Å². The SMILES string of the molecule is O=C(Nc1nncs1)C1CCN(C(=O)c2ccc(Cl)cc2I)CC1. The summed E-state index contributed by atoms with van der Waals surface area (Å²) in [6, 6.07) is 5.25.